The van der Waals surface area contributed by atoms with Crippen molar-refractivity contribution in [3.8, 4) is 0 Å². The van der Waals surface area contributed by atoms with Crippen LogP contribution in [-0.4, -0.2) is 31.2 Å². The fourth-order valence-corrected chi connectivity index (χ4v) is 4.85. The zero-order valence-electron chi connectivity index (χ0n) is 19.4. The van der Waals surface area contributed by atoms with E-state index in [4.69, 9.17) is 16.6 Å². The van der Waals surface area contributed by atoms with Gasteiger partial charge in [0.25, 0.3) is 5.78 Å². The molecule has 4 rings (SSSR count). The Hall–Kier alpha value is -2.90. The number of nitrogens with zero attached hydrogens (tertiary/aromatic N) is 4. The van der Waals surface area contributed by atoms with Crippen LogP contribution in [0.2, 0.25) is 5.02 Å². The van der Waals surface area contributed by atoms with E-state index >= 15 is 0 Å². The van der Waals surface area contributed by atoms with Crippen LogP contribution in [0.1, 0.15) is 39.2 Å². The molecule has 0 aliphatic heterocycles. The van der Waals surface area contributed by atoms with E-state index < -0.39 is 0 Å². The number of rotatable bonds is 6. The summed E-state index contributed by atoms with van der Waals surface area (Å²) in [4.78, 5) is 21.6. The van der Waals surface area contributed by atoms with E-state index in [0.29, 0.717) is 21.6 Å². The minimum Gasteiger partial charge on any atom is -0.324 e. The Morgan fingerprint density at radius 1 is 1.03 bits per heavy atom. The minimum atomic E-state index is -0.168. The highest BCUT2D eigenvalue weighted by atomic mass is 35.5. The lowest BCUT2D eigenvalue weighted by Gasteiger charge is -2.15. The Bertz CT molecular complexity index is 1340. The van der Waals surface area contributed by atoms with Gasteiger partial charge in [-0.15, -0.1) is 5.10 Å². The molecule has 0 bridgehead atoms. The van der Waals surface area contributed by atoms with Crippen molar-refractivity contribution in [2.45, 2.75) is 46.2 Å². The molecule has 33 heavy (non-hydrogen) atoms. The van der Waals surface area contributed by atoms with Crippen LogP contribution in [0.15, 0.2) is 41.6 Å². The van der Waals surface area contributed by atoms with Crippen molar-refractivity contribution >= 4 is 40.7 Å². The van der Waals surface area contributed by atoms with Gasteiger partial charge in [0.15, 0.2) is 0 Å². The number of hydrogen-bond acceptors (Lipinski definition) is 5. The molecule has 1 N–H and O–H groups in total. The van der Waals surface area contributed by atoms with Gasteiger partial charge < -0.3 is 5.32 Å². The van der Waals surface area contributed by atoms with Crippen LogP contribution in [0.3, 0.4) is 0 Å². The molecule has 0 aliphatic rings. The summed E-state index contributed by atoms with van der Waals surface area (Å²) in [6.07, 6.45) is 0.793. The van der Waals surface area contributed by atoms with Gasteiger partial charge in [-0.2, -0.15) is 4.98 Å². The first kappa shape index (κ1) is 23.3. The molecule has 0 saturated heterocycles. The van der Waals surface area contributed by atoms with E-state index in [1.807, 2.05) is 26.0 Å². The molecule has 2 aromatic carbocycles. The summed E-state index contributed by atoms with van der Waals surface area (Å²) in [6.45, 7) is 10.5. The topological polar surface area (TPSA) is 72.2 Å². The highest BCUT2D eigenvalue weighted by Gasteiger charge is 2.17. The van der Waals surface area contributed by atoms with Crippen LogP contribution in [-0.2, 0) is 11.2 Å². The largest absolute Gasteiger partial charge is 0.324 e. The van der Waals surface area contributed by atoms with Crippen LogP contribution >= 0.6 is 23.4 Å². The number of fused-ring (bicyclic) bond motifs is 1. The number of anilines is 1. The number of carbonyl (C=O) groups excluding carboxylic acids is 1. The summed E-state index contributed by atoms with van der Waals surface area (Å²) in [5.41, 5.74) is 8.85. The number of aryl methyl sites for hydroxylation is 5. The molecule has 0 aliphatic carbocycles. The van der Waals surface area contributed by atoms with Gasteiger partial charge in [-0.1, -0.05) is 53.2 Å². The fourth-order valence-electron chi connectivity index (χ4n) is 4.05. The Labute approximate surface area is 202 Å². The summed E-state index contributed by atoms with van der Waals surface area (Å²) in [7, 11) is 0. The van der Waals surface area contributed by atoms with Crippen molar-refractivity contribution in [1.82, 2.24) is 19.6 Å². The highest BCUT2D eigenvalue weighted by molar-refractivity contribution is 7.99. The maximum absolute atomic E-state index is 12.4. The zero-order chi connectivity index (χ0) is 23.7. The molecule has 2 aromatic heterocycles. The number of thioether (sulfide) groups is 1. The smallest absolute Gasteiger partial charge is 0.253 e. The summed E-state index contributed by atoms with van der Waals surface area (Å²) in [6, 6.07) is 11.6. The summed E-state index contributed by atoms with van der Waals surface area (Å²) < 4.78 is 1.77. The van der Waals surface area contributed by atoms with Gasteiger partial charge in [-0.05, 0) is 69.0 Å². The first-order chi connectivity index (χ1) is 15.7. The third-order valence-electron chi connectivity index (χ3n) is 5.70. The molecule has 0 spiro atoms. The molecule has 6 nitrogen and oxygen atoms in total. The second-order valence-corrected chi connectivity index (χ2v) is 9.59. The monoisotopic (exact) mass is 479 g/mol. The minimum absolute atomic E-state index is 0.168. The summed E-state index contributed by atoms with van der Waals surface area (Å²) >= 11 is 7.39. The Balaban J connectivity index is 1.54. The Kier molecular flexibility index (Phi) is 6.72. The van der Waals surface area contributed by atoms with E-state index in [0.717, 1.165) is 23.4 Å². The predicted molar refractivity (Wildman–Crippen MR) is 135 cm³/mol. The standard InChI is InChI=1S/C25H26ClN5OS/c1-14-10-15(2)19(16(3)11-14)12-20-17(4)27-24-29-25(30-31(24)18(20)5)33-13-23(32)28-22-9-7-6-8-21(22)26/h6-11H,12-13H2,1-5H3,(H,28,32). The number of nitrogens with one attached hydrogen (secondary N) is 1. The van der Waals surface area contributed by atoms with Crippen LogP contribution in [0, 0.1) is 34.6 Å². The lowest BCUT2D eigenvalue weighted by Crippen LogP contribution is -2.14. The molecule has 0 unspecified atom stereocenters. The van der Waals surface area contributed by atoms with Crippen LogP contribution in [0.5, 0.6) is 0 Å². The van der Waals surface area contributed by atoms with Crippen LogP contribution < -0.4 is 5.32 Å². The van der Waals surface area contributed by atoms with E-state index in [2.05, 4.69) is 48.3 Å². The molecule has 8 heteroatoms. The molecule has 0 radical (unpaired) electrons. The Morgan fingerprint density at radius 2 is 1.73 bits per heavy atom. The quantitative estimate of drug-likeness (QED) is 0.362. The second kappa shape index (κ2) is 9.53. The average Bonchev–Trinajstić information content (AvgIpc) is 3.16. The van der Waals surface area contributed by atoms with E-state index in [9.17, 15) is 4.79 Å². The van der Waals surface area contributed by atoms with Crippen molar-refractivity contribution in [1.29, 1.82) is 0 Å². The second-order valence-electron chi connectivity index (χ2n) is 8.24. The normalized spacial score (nSPS) is 11.2. The van der Waals surface area contributed by atoms with Gasteiger partial charge in [0, 0.05) is 17.8 Å². The van der Waals surface area contributed by atoms with Crippen molar-refractivity contribution in [2.75, 3.05) is 11.1 Å². The van der Waals surface area contributed by atoms with Crippen molar-refractivity contribution in [3.63, 3.8) is 0 Å². The average molecular weight is 480 g/mol. The summed E-state index contributed by atoms with van der Waals surface area (Å²) in [5, 5.41) is 8.44. The van der Waals surface area contributed by atoms with E-state index in [-0.39, 0.29) is 11.7 Å². The van der Waals surface area contributed by atoms with Gasteiger partial charge in [0.05, 0.1) is 16.5 Å². The van der Waals surface area contributed by atoms with Crippen LogP contribution in [0.25, 0.3) is 5.78 Å². The van der Waals surface area contributed by atoms with Crippen molar-refractivity contribution < 1.29 is 4.79 Å². The Morgan fingerprint density at radius 3 is 2.42 bits per heavy atom. The molecule has 0 atom stereocenters. The molecular formula is C25H26ClN5OS. The first-order valence-electron chi connectivity index (χ1n) is 10.7. The number of aromatic nitrogens is 4. The number of amides is 1. The number of hydrogen-bond donors (Lipinski definition) is 1. The van der Waals surface area contributed by atoms with Crippen LogP contribution in [0.4, 0.5) is 5.69 Å². The van der Waals surface area contributed by atoms with Crippen molar-refractivity contribution in [2.24, 2.45) is 0 Å². The SMILES string of the molecule is Cc1cc(C)c(Cc2c(C)nc3nc(SCC(=O)Nc4ccccc4Cl)nn3c2C)c(C)c1. The van der Waals surface area contributed by atoms with Gasteiger partial charge in [-0.25, -0.2) is 9.50 Å². The van der Waals surface area contributed by atoms with Gasteiger partial charge >= 0.3 is 0 Å². The van der Waals surface area contributed by atoms with E-state index in [1.54, 1.807) is 16.6 Å². The predicted octanol–water partition coefficient (Wildman–Crippen LogP) is 5.64. The third kappa shape index (κ3) is 5.04. The number of carbonyl (C=O) groups is 1. The van der Waals surface area contributed by atoms with Gasteiger partial charge in [0.2, 0.25) is 11.1 Å². The van der Waals surface area contributed by atoms with Gasteiger partial charge in [-0.3, -0.25) is 4.79 Å². The first-order valence-corrected chi connectivity index (χ1v) is 12.1. The molecule has 170 valence electrons. The fraction of sp³-hybridized carbons (Fsp3) is 0.280. The zero-order valence-corrected chi connectivity index (χ0v) is 20.9. The number of benzene rings is 2. The number of para-hydroxylation sites is 1. The van der Waals surface area contributed by atoms with Gasteiger partial charge in [0.1, 0.15) is 0 Å². The molecular weight excluding hydrogens is 454 g/mol. The molecule has 0 fully saturated rings. The lowest BCUT2D eigenvalue weighted by molar-refractivity contribution is -0.113. The molecule has 4 aromatic rings. The number of halogens is 1. The third-order valence-corrected chi connectivity index (χ3v) is 6.87. The van der Waals surface area contributed by atoms with E-state index in [1.165, 1.54) is 34.0 Å². The molecule has 0 saturated carbocycles. The highest BCUT2D eigenvalue weighted by Crippen LogP contribution is 2.25. The maximum atomic E-state index is 12.4. The molecule has 2 heterocycles. The maximum Gasteiger partial charge on any atom is 0.253 e. The summed E-state index contributed by atoms with van der Waals surface area (Å²) in [5.74, 6) is 0.549. The van der Waals surface area contributed by atoms with Crippen molar-refractivity contribution in [3.05, 3.63) is 80.6 Å². The lowest BCUT2D eigenvalue weighted by atomic mass is 9.93. The molecule has 1 amide bonds.